The van der Waals surface area contributed by atoms with Crippen molar-refractivity contribution in [3.8, 4) is 0 Å². The molecule has 6 nitrogen and oxygen atoms in total. The molecule has 0 radical (unpaired) electrons. The van der Waals surface area contributed by atoms with Crippen molar-refractivity contribution in [3.05, 3.63) is 46.4 Å². The Morgan fingerprint density at radius 2 is 1.79 bits per heavy atom. The molecule has 2 aromatic rings. The van der Waals surface area contributed by atoms with E-state index in [1.54, 1.807) is 0 Å². The fourth-order valence-corrected chi connectivity index (χ4v) is 3.59. The van der Waals surface area contributed by atoms with Crippen LogP contribution in [0.4, 0.5) is 16.2 Å². The van der Waals surface area contributed by atoms with Crippen molar-refractivity contribution in [3.63, 3.8) is 0 Å². The molecule has 0 saturated heterocycles. The maximum atomic E-state index is 13.4. The van der Waals surface area contributed by atoms with Gasteiger partial charge in [-0.15, -0.1) is 0 Å². The number of carbonyl (C=O) groups excluding carboxylic acids is 1. The van der Waals surface area contributed by atoms with Gasteiger partial charge in [-0.3, -0.25) is 4.79 Å². The van der Waals surface area contributed by atoms with Crippen molar-refractivity contribution >= 4 is 29.3 Å². The van der Waals surface area contributed by atoms with Crippen LogP contribution in [0.5, 0.6) is 0 Å². The minimum Gasteiger partial charge on any atom is -0.363 e. The molecular formula is C20H25ClFN5O. The summed E-state index contributed by atoms with van der Waals surface area (Å²) in [4.78, 5) is 23.3. The summed E-state index contributed by atoms with van der Waals surface area (Å²) < 4.78 is 13.4. The van der Waals surface area contributed by atoms with Gasteiger partial charge in [-0.05, 0) is 50.8 Å². The largest absolute Gasteiger partial charge is 0.363 e. The second-order valence-electron chi connectivity index (χ2n) is 7.41. The minimum absolute atomic E-state index is 0.0587. The lowest BCUT2D eigenvalue weighted by Crippen LogP contribution is -2.40. The molecule has 2 N–H and O–H groups in total. The first-order valence-electron chi connectivity index (χ1n) is 9.36. The molecule has 0 aliphatic heterocycles. The lowest BCUT2D eigenvalue weighted by Gasteiger charge is -2.30. The molecule has 28 heavy (non-hydrogen) atoms. The molecule has 1 amide bonds. The van der Waals surface area contributed by atoms with Crippen molar-refractivity contribution in [1.82, 2.24) is 15.3 Å². The Morgan fingerprint density at radius 3 is 2.43 bits per heavy atom. The zero-order valence-corrected chi connectivity index (χ0v) is 17.1. The number of benzene rings is 1. The third-order valence-corrected chi connectivity index (χ3v) is 5.04. The van der Waals surface area contributed by atoms with Gasteiger partial charge in [0, 0.05) is 48.5 Å². The van der Waals surface area contributed by atoms with E-state index in [1.807, 2.05) is 32.0 Å². The number of hydrogen-bond acceptors (Lipinski definition) is 5. The zero-order valence-electron chi connectivity index (χ0n) is 16.3. The molecule has 150 valence electrons. The van der Waals surface area contributed by atoms with Gasteiger partial charge in [0.1, 0.15) is 11.6 Å². The smallest absolute Gasteiger partial charge is 0.251 e. The standard InChI is InChI=1S/C20H25ClFN5O/c1-12-8-18(27(2)3)26-20(23-12)25-17-6-4-16(5-7-17)24-19(28)13-9-14(21)11-15(22)10-13/h8-11,16-17H,4-7H2,1-3H3,(H,24,28)(H,23,25,26). The predicted molar refractivity (Wildman–Crippen MR) is 110 cm³/mol. The van der Waals surface area contributed by atoms with Crippen LogP contribution < -0.4 is 15.5 Å². The van der Waals surface area contributed by atoms with E-state index < -0.39 is 5.82 Å². The molecule has 1 aromatic heterocycles. The van der Waals surface area contributed by atoms with Gasteiger partial charge in [0.15, 0.2) is 0 Å². The quantitative estimate of drug-likeness (QED) is 0.791. The highest BCUT2D eigenvalue weighted by atomic mass is 35.5. The highest BCUT2D eigenvalue weighted by Gasteiger charge is 2.23. The number of hydrogen-bond donors (Lipinski definition) is 2. The fourth-order valence-electron chi connectivity index (χ4n) is 3.36. The number of anilines is 2. The van der Waals surface area contributed by atoms with Gasteiger partial charge in [-0.1, -0.05) is 11.6 Å². The predicted octanol–water partition coefficient (Wildman–Crippen LogP) is 3.80. The SMILES string of the molecule is Cc1cc(N(C)C)nc(NC2CCC(NC(=O)c3cc(F)cc(Cl)c3)CC2)n1. The topological polar surface area (TPSA) is 70.2 Å². The van der Waals surface area contributed by atoms with Crippen LogP contribution in [-0.2, 0) is 0 Å². The Labute approximate surface area is 169 Å². The molecule has 1 aliphatic rings. The second-order valence-corrected chi connectivity index (χ2v) is 7.85. The summed E-state index contributed by atoms with van der Waals surface area (Å²) in [6.07, 6.45) is 3.45. The van der Waals surface area contributed by atoms with Crippen molar-refractivity contribution in [2.75, 3.05) is 24.3 Å². The number of aryl methyl sites for hydroxylation is 1. The number of amides is 1. The van der Waals surface area contributed by atoms with E-state index in [4.69, 9.17) is 11.6 Å². The normalized spacial score (nSPS) is 19.2. The van der Waals surface area contributed by atoms with Crippen LogP contribution in [0.2, 0.25) is 5.02 Å². The summed E-state index contributed by atoms with van der Waals surface area (Å²) in [6.45, 7) is 1.95. The summed E-state index contributed by atoms with van der Waals surface area (Å²) in [5, 5.41) is 6.60. The molecule has 1 heterocycles. The lowest BCUT2D eigenvalue weighted by molar-refractivity contribution is 0.0926. The van der Waals surface area contributed by atoms with E-state index >= 15 is 0 Å². The first kappa shape index (κ1) is 20.3. The molecule has 1 aromatic carbocycles. The van der Waals surface area contributed by atoms with Crippen LogP contribution in [0.25, 0.3) is 0 Å². The van der Waals surface area contributed by atoms with Crippen LogP contribution in [-0.4, -0.2) is 42.1 Å². The van der Waals surface area contributed by atoms with Crippen molar-refractivity contribution in [2.45, 2.75) is 44.7 Å². The summed E-state index contributed by atoms with van der Waals surface area (Å²) in [6, 6.07) is 6.12. The first-order chi connectivity index (χ1) is 13.3. The average Bonchev–Trinajstić information content (AvgIpc) is 2.62. The molecule has 1 saturated carbocycles. The molecule has 0 atom stereocenters. The van der Waals surface area contributed by atoms with Crippen molar-refractivity contribution < 1.29 is 9.18 Å². The van der Waals surface area contributed by atoms with Gasteiger partial charge in [0.25, 0.3) is 5.91 Å². The van der Waals surface area contributed by atoms with Crippen LogP contribution in [0.3, 0.4) is 0 Å². The number of nitrogens with one attached hydrogen (secondary N) is 2. The third-order valence-electron chi connectivity index (χ3n) is 4.82. The number of carbonyl (C=O) groups is 1. The molecule has 3 rings (SSSR count). The van der Waals surface area contributed by atoms with Crippen molar-refractivity contribution in [2.24, 2.45) is 0 Å². The van der Waals surface area contributed by atoms with E-state index in [0.717, 1.165) is 37.2 Å². The monoisotopic (exact) mass is 405 g/mol. The van der Waals surface area contributed by atoms with Gasteiger partial charge in [0.05, 0.1) is 0 Å². The summed E-state index contributed by atoms with van der Waals surface area (Å²) >= 11 is 5.83. The number of aromatic nitrogens is 2. The Kier molecular flexibility index (Phi) is 6.34. The highest BCUT2D eigenvalue weighted by Crippen LogP contribution is 2.23. The lowest BCUT2D eigenvalue weighted by atomic mass is 9.91. The first-order valence-corrected chi connectivity index (χ1v) is 9.74. The molecular weight excluding hydrogens is 381 g/mol. The van der Waals surface area contributed by atoms with E-state index in [0.29, 0.717) is 5.95 Å². The number of halogens is 2. The maximum absolute atomic E-state index is 13.4. The molecule has 1 aliphatic carbocycles. The van der Waals surface area contributed by atoms with Gasteiger partial charge >= 0.3 is 0 Å². The Hall–Kier alpha value is -2.41. The van der Waals surface area contributed by atoms with Crippen LogP contribution in [0.1, 0.15) is 41.7 Å². The number of nitrogens with zero attached hydrogens (tertiary/aromatic N) is 3. The summed E-state index contributed by atoms with van der Waals surface area (Å²) in [7, 11) is 3.90. The molecule has 0 bridgehead atoms. The second kappa shape index (κ2) is 8.73. The Morgan fingerprint density at radius 1 is 1.11 bits per heavy atom. The molecule has 8 heteroatoms. The molecule has 0 spiro atoms. The van der Waals surface area contributed by atoms with Crippen LogP contribution in [0.15, 0.2) is 24.3 Å². The highest BCUT2D eigenvalue weighted by molar-refractivity contribution is 6.31. The average molecular weight is 406 g/mol. The zero-order chi connectivity index (χ0) is 20.3. The minimum atomic E-state index is -0.513. The van der Waals surface area contributed by atoms with Gasteiger partial charge in [0.2, 0.25) is 5.95 Å². The van der Waals surface area contributed by atoms with Gasteiger partial charge < -0.3 is 15.5 Å². The molecule has 0 unspecified atom stereocenters. The fraction of sp³-hybridized carbons (Fsp3) is 0.450. The Bertz CT molecular complexity index is 832. The number of rotatable bonds is 5. The van der Waals surface area contributed by atoms with E-state index in [-0.39, 0.29) is 28.6 Å². The van der Waals surface area contributed by atoms with E-state index in [1.165, 1.54) is 18.2 Å². The van der Waals surface area contributed by atoms with E-state index in [9.17, 15) is 9.18 Å². The summed E-state index contributed by atoms with van der Waals surface area (Å²) in [5.41, 5.74) is 1.16. The van der Waals surface area contributed by atoms with Crippen LogP contribution in [0, 0.1) is 12.7 Å². The van der Waals surface area contributed by atoms with Gasteiger partial charge in [-0.25, -0.2) is 9.37 Å². The Balaban J connectivity index is 1.54. The van der Waals surface area contributed by atoms with Crippen LogP contribution >= 0.6 is 11.6 Å². The molecule has 1 fully saturated rings. The summed E-state index contributed by atoms with van der Waals surface area (Å²) in [5.74, 6) is 0.687. The van der Waals surface area contributed by atoms with Crippen molar-refractivity contribution in [1.29, 1.82) is 0 Å². The van der Waals surface area contributed by atoms with Gasteiger partial charge in [-0.2, -0.15) is 4.98 Å². The maximum Gasteiger partial charge on any atom is 0.251 e. The van der Waals surface area contributed by atoms with E-state index in [2.05, 4.69) is 20.6 Å². The third kappa shape index (κ3) is 5.32.